The number of ketones is 1. The molecule has 2 nitrogen and oxygen atoms in total. The van der Waals surface area contributed by atoms with Gasteiger partial charge in [-0.05, 0) is 31.2 Å². The first-order valence-electron chi connectivity index (χ1n) is 6.76. The summed E-state index contributed by atoms with van der Waals surface area (Å²) in [5.74, 6) is 0.144. The number of fused-ring (bicyclic) bond motifs is 1. The predicted molar refractivity (Wildman–Crippen MR) is 74.2 cm³/mol. The fraction of sp³-hybridized carbons (Fsp3) is 0.533. The maximum Gasteiger partial charge on any atom is 0.345 e. The van der Waals surface area contributed by atoms with Crippen molar-refractivity contribution in [2.45, 2.75) is 43.2 Å². The molecule has 108 valence electrons. The molecule has 1 spiro atoms. The molecule has 1 atom stereocenters. The van der Waals surface area contributed by atoms with Crippen LogP contribution in [0.2, 0.25) is 0 Å². The second-order valence-electron chi connectivity index (χ2n) is 5.53. The highest BCUT2D eigenvalue weighted by molar-refractivity contribution is 9.09. The van der Waals surface area contributed by atoms with E-state index in [-0.39, 0.29) is 10.6 Å². The maximum absolute atomic E-state index is 12.7. The molecule has 1 aromatic rings. The fourth-order valence-corrected chi connectivity index (χ4v) is 4.54. The number of halogens is 3. The van der Waals surface area contributed by atoms with Crippen LogP contribution >= 0.6 is 15.9 Å². The number of Topliss-reactive ketones (excluding diaryl/α,β-unsaturated/α-hetero) is 1. The number of hydrogen-bond acceptors (Lipinski definition) is 2. The van der Waals surface area contributed by atoms with Crippen molar-refractivity contribution in [3.05, 3.63) is 35.4 Å². The Balaban J connectivity index is 1.81. The molecule has 0 aliphatic heterocycles. The third-order valence-electron chi connectivity index (χ3n) is 4.54. The quantitative estimate of drug-likeness (QED) is 0.739. The largest absolute Gasteiger partial charge is 0.345 e. The number of alkyl halides is 3. The van der Waals surface area contributed by atoms with Crippen molar-refractivity contribution in [1.29, 1.82) is 0 Å². The summed E-state index contributed by atoms with van der Waals surface area (Å²) in [7, 11) is 0. The average molecular weight is 345 g/mol. The molecule has 0 amide bonds. The van der Waals surface area contributed by atoms with Crippen molar-refractivity contribution in [3.8, 4) is 0 Å². The topological polar surface area (TPSA) is 26.3 Å². The van der Waals surface area contributed by atoms with Crippen LogP contribution in [0.1, 0.15) is 46.4 Å². The molecule has 0 saturated heterocycles. The van der Waals surface area contributed by atoms with Gasteiger partial charge in [-0.25, -0.2) is 0 Å². The summed E-state index contributed by atoms with van der Waals surface area (Å²) in [5, 5.41) is 0. The zero-order valence-corrected chi connectivity index (χ0v) is 12.4. The summed E-state index contributed by atoms with van der Waals surface area (Å²) in [6.07, 6.45) is 1.76. The van der Waals surface area contributed by atoms with Crippen molar-refractivity contribution in [1.82, 2.24) is 0 Å². The lowest BCUT2D eigenvalue weighted by molar-refractivity contribution is -0.173. The molecule has 5 heteroatoms. The molecular weight excluding hydrogens is 330 g/mol. The van der Waals surface area contributed by atoms with E-state index in [0.29, 0.717) is 25.7 Å². The SMILES string of the molecule is O=C1c2ccccc2C(Br)C12CCC(OC(F)F)CC2. The lowest BCUT2D eigenvalue weighted by atomic mass is 9.70. The van der Waals surface area contributed by atoms with Gasteiger partial charge < -0.3 is 4.74 Å². The average Bonchev–Trinajstić information content (AvgIpc) is 2.64. The van der Waals surface area contributed by atoms with Crippen molar-refractivity contribution in [3.63, 3.8) is 0 Å². The molecule has 1 saturated carbocycles. The minimum absolute atomic E-state index is 0.0220. The van der Waals surface area contributed by atoms with Crippen LogP contribution in [0.25, 0.3) is 0 Å². The van der Waals surface area contributed by atoms with Crippen LogP contribution < -0.4 is 0 Å². The van der Waals surface area contributed by atoms with Gasteiger partial charge in [-0.3, -0.25) is 4.79 Å². The molecule has 1 unspecified atom stereocenters. The molecule has 1 aromatic carbocycles. The Morgan fingerprint density at radius 1 is 1.25 bits per heavy atom. The molecule has 0 radical (unpaired) electrons. The third kappa shape index (κ3) is 2.11. The number of benzene rings is 1. The first kappa shape index (κ1) is 14.1. The van der Waals surface area contributed by atoms with E-state index in [9.17, 15) is 13.6 Å². The van der Waals surface area contributed by atoms with Gasteiger partial charge in [-0.1, -0.05) is 40.2 Å². The first-order valence-corrected chi connectivity index (χ1v) is 7.67. The van der Waals surface area contributed by atoms with Crippen LogP contribution in [0, 0.1) is 5.41 Å². The number of ether oxygens (including phenoxy) is 1. The smallest absolute Gasteiger partial charge is 0.320 e. The van der Waals surface area contributed by atoms with Crippen LogP contribution in [0.4, 0.5) is 8.78 Å². The fourth-order valence-electron chi connectivity index (χ4n) is 3.47. The Hall–Kier alpha value is -0.810. The Morgan fingerprint density at radius 3 is 2.50 bits per heavy atom. The normalized spacial score (nSPS) is 32.9. The Morgan fingerprint density at radius 2 is 1.90 bits per heavy atom. The van der Waals surface area contributed by atoms with Crippen LogP contribution in [-0.4, -0.2) is 18.5 Å². The van der Waals surface area contributed by atoms with Crippen molar-refractivity contribution >= 4 is 21.7 Å². The predicted octanol–water partition coefficient (Wildman–Crippen LogP) is 4.49. The van der Waals surface area contributed by atoms with E-state index in [4.69, 9.17) is 0 Å². The third-order valence-corrected chi connectivity index (χ3v) is 5.91. The molecule has 2 aliphatic rings. The van der Waals surface area contributed by atoms with Crippen LogP contribution in [0.3, 0.4) is 0 Å². The van der Waals surface area contributed by atoms with Gasteiger partial charge in [-0.2, -0.15) is 8.78 Å². The van der Waals surface area contributed by atoms with Gasteiger partial charge in [0.15, 0.2) is 5.78 Å². The Labute approximate surface area is 124 Å². The number of carbonyl (C=O) groups is 1. The van der Waals surface area contributed by atoms with Crippen molar-refractivity contribution < 1.29 is 18.3 Å². The molecule has 20 heavy (non-hydrogen) atoms. The van der Waals surface area contributed by atoms with Crippen LogP contribution in [-0.2, 0) is 4.74 Å². The lowest BCUT2D eigenvalue weighted by Gasteiger charge is -2.38. The highest BCUT2D eigenvalue weighted by Gasteiger charge is 2.53. The van der Waals surface area contributed by atoms with Crippen molar-refractivity contribution in [2.75, 3.05) is 0 Å². The minimum atomic E-state index is -2.73. The van der Waals surface area contributed by atoms with Crippen LogP contribution in [0.5, 0.6) is 0 Å². The van der Waals surface area contributed by atoms with Crippen molar-refractivity contribution in [2.24, 2.45) is 5.41 Å². The Kier molecular flexibility index (Phi) is 3.67. The molecule has 1 fully saturated rings. The van der Waals surface area contributed by atoms with E-state index in [1.165, 1.54) is 0 Å². The zero-order chi connectivity index (χ0) is 14.3. The highest BCUT2D eigenvalue weighted by atomic mass is 79.9. The van der Waals surface area contributed by atoms with E-state index in [1.807, 2.05) is 24.3 Å². The molecule has 0 aromatic heterocycles. The zero-order valence-electron chi connectivity index (χ0n) is 10.8. The summed E-state index contributed by atoms with van der Waals surface area (Å²) >= 11 is 3.66. The van der Waals surface area contributed by atoms with Gasteiger partial charge in [0.25, 0.3) is 0 Å². The molecule has 0 N–H and O–H groups in total. The van der Waals surface area contributed by atoms with E-state index in [2.05, 4.69) is 20.7 Å². The van der Waals surface area contributed by atoms with E-state index >= 15 is 0 Å². The number of carbonyl (C=O) groups excluding carboxylic acids is 1. The van der Waals surface area contributed by atoms with Gasteiger partial charge >= 0.3 is 6.61 Å². The Bertz CT molecular complexity index is 524. The number of rotatable bonds is 2. The van der Waals surface area contributed by atoms with E-state index in [1.54, 1.807) is 0 Å². The van der Waals surface area contributed by atoms with Gasteiger partial charge in [-0.15, -0.1) is 0 Å². The van der Waals surface area contributed by atoms with Gasteiger partial charge in [0.2, 0.25) is 0 Å². The van der Waals surface area contributed by atoms with Crippen LogP contribution in [0.15, 0.2) is 24.3 Å². The van der Waals surface area contributed by atoms with E-state index in [0.717, 1.165) is 11.1 Å². The molecular formula is C15H15BrF2O2. The van der Waals surface area contributed by atoms with Gasteiger partial charge in [0.05, 0.1) is 16.3 Å². The second-order valence-corrected chi connectivity index (χ2v) is 6.45. The molecule has 0 heterocycles. The highest BCUT2D eigenvalue weighted by Crippen LogP contribution is 2.57. The maximum atomic E-state index is 12.7. The summed E-state index contributed by atoms with van der Waals surface area (Å²) in [6.45, 7) is -2.73. The van der Waals surface area contributed by atoms with Gasteiger partial charge in [0.1, 0.15) is 0 Å². The van der Waals surface area contributed by atoms with E-state index < -0.39 is 18.1 Å². The summed E-state index contributed by atoms with van der Waals surface area (Å²) in [4.78, 5) is 12.7. The molecule has 2 aliphatic carbocycles. The minimum Gasteiger partial charge on any atom is -0.320 e. The monoisotopic (exact) mass is 344 g/mol. The number of hydrogen-bond donors (Lipinski definition) is 0. The summed E-state index contributed by atoms with van der Waals surface area (Å²) in [6, 6.07) is 7.59. The summed E-state index contributed by atoms with van der Waals surface area (Å²) < 4.78 is 29.1. The first-order chi connectivity index (χ1) is 9.54. The molecule has 0 bridgehead atoms. The standard InChI is InChI=1S/C15H15BrF2O2/c16-12-10-3-1-2-4-11(10)13(19)15(12)7-5-9(6-8-15)20-14(17)18/h1-4,9,12,14H,5-8H2. The lowest BCUT2D eigenvalue weighted by Crippen LogP contribution is -2.37. The summed E-state index contributed by atoms with van der Waals surface area (Å²) in [5.41, 5.74) is 1.31. The molecule has 3 rings (SSSR count). The van der Waals surface area contributed by atoms with Gasteiger partial charge in [0, 0.05) is 5.56 Å². The second kappa shape index (κ2) is 5.19.